The molecule has 0 unspecified atom stereocenters. The van der Waals surface area contributed by atoms with Gasteiger partial charge in [0, 0.05) is 0 Å². The topological polar surface area (TPSA) is 86.6 Å². The lowest BCUT2D eigenvalue weighted by molar-refractivity contribution is 0.105. The minimum absolute atomic E-state index is 0.0509. The molecule has 5 nitrogen and oxygen atoms in total. The van der Waals surface area contributed by atoms with Gasteiger partial charge in [0.15, 0.2) is 4.90 Å². The van der Waals surface area contributed by atoms with E-state index < -0.39 is 45.3 Å². The summed E-state index contributed by atoms with van der Waals surface area (Å²) in [6.45, 7) is 0.122. The van der Waals surface area contributed by atoms with Gasteiger partial charge in [0.25, 0.3) is 0 Å². The van der Waals surface area contributed by atoms with Crippen molar-refractivity contribution in [1.29, 1.82) is 0 Å². The third-order valence-corrected chi connectivity index (χ3v) is 4.45. The van der Waals surface area contributed by atoms with Gasteiger partial charge >= 0.3 is 0 Å². The zero-order valence-electron chi connectivity index (χ0n) is 10.2. The Bertz CT molecular complexity index is 515. The van der Waals surface area contributed by atoms with Crippen LogP contribution in [0.5, 0.6) is 0 Å². The van der Waals surface area contributed by atoms with Crippen molar-refractivity contribution in [3.63, 3.8) is 0 Å². The summed E-state index contributed by atoms with van der Waals surface area (Å²) in [6, 6.07) is 2.65. The van der Waals surface area contributed by atoms with Gasteiger partial charge in [0.2, 0.25) is 10.0 Å². The summed E-state index contributed by atoms with van der Waals surface area (Å²) < 4.78 is 52.7. The lowest BCUT2D eigenvalue weighted by Gasteiger charge is -2.29. The van der Waals surface area contributed by atoms with Crippen LogP contribution in [-0.2, 0) is 10.0 Å². The summed E-state index contributed by atoms with van der Waals surface area (Å²) in [4.78, 5) is -1.13. The van der Waals surface area contributed by atoms with Crippen molar-refractivity contribution in [2.75, 3.05) is 13.2 Å². The molecule has 0 aliphatic carbocycles. The van der Waals surface area contributed by atoms with Gasteiger partial charge in [-0.1, -0.05) is 13.0 Å². The summed E-state index contributed by atoms with van der Waals surface area (Å²) in [5, 5.41) is 18.3. The number of nitrogens with one attached hydrogen (secondary N) is 1. The van der Waals surface area contributed by atoms with Crippen LogP contribution in [-0.4, -0.2) is 37.4 Å². The molecule has 0 aromatic heterocycles. The van der Waals surface area contributed by atoms with Gasteiger partial charge in [0.05, 0.1) is 18.8 Å². The minimum Gasteiger partial charge on any atom is -0.394 e. The molecule has 0 amide bonds. The number of aliphatic hydroxyl groups is 2. The standard InChI is InChI=1S/C11H15F2NO4S/c1-2-11(6-15,7-16)14-19(17,18)10-8(12)4-3-5-9(10)13/h3-5,14-16H,2,6-7H2,1H3. The van der Waals surface area contributed by atoms with E-state index in [1.54, 1.807) is 0 Å². The summed E-state index contributed by atoms with van der Waals surface area (Å²) in [7, 11) is -4.54. The van der Waals surface area contributed by atoms with E-state index in [9.17, 15) is 17.2 Å². The Hall–Kier alpha value is -1.09. The van der Waals surface area contributed by atoms with Gasteiger partial charge in [-0.2, -0.15) is 0 Å². The normalized spacial score (nSPS) is 12.7. The lowest BCUT2D eigenvalue weighted by atomic mass is 10.0. The van der Waals surface area contributed by atoms with Crippen LogP contribution in [0.25, 0.3) is 0 Å². The third-order valence-electron chi connectivity index (χ3n) is 2.82. The van der Waals surface area contributed by atoms with Gasteiger partial charge in [-0.05, 0) is 18.6 Å². The SMILES string of the molecule is CCC(CO)(CO)NS(=O)(=O)c1c(F)cccc1F. The molecule has 0 aliphatic heterocycles. The van der Waals surface area contributed by atoms with Gasteiger partial charge in [-0.15, -0.1) is 0 Å². The van der Waals surface area contributed by atoms with E-state index in [-0.39, 0.29) is 6.42 Å². The Morgan fingerprint density at radius 2 is 1.68 bits per heavy atom. The highest BCUT2D eigenvalue weighted by atomic mass is 32.2. The van der Waals surface area contributed by atoms with Crippen molar-refractivity contribution in [3.8, 4) is 0 Å². The average Bonchev–Trinajstić information content (AvgIpc) is 2.35. The van der Waals surface area contributed by atoms with Crippen LogP contribution in [0.4, 0.5) is 8.78 Å². The fourth-order valence-electron chi connectivity index (χ4n) is 1.49. The highest BCUT2D eigenvalue weighted by Crippen LogP contribution is 2.21. The number of halogens is 2. The average molecular weight is 295 g/mol. The van der Waals surface area contributed by atoms with Gasteiger partial charge in [0.1, 0.15) is 11.6 Å². The molecule has 1 aromatic carbocycles. The van der Waals surface area contributed by atoms with Crippen molar-refractivity contribution >= 4 is 10.0 Å². The van der Waals surface area contributed by atoms with Crippen molar-refractivity contribution in [1.82, 2.24) is 4.72 Å². The second kappa shape index (κ2) is 5.91. The predicted molar refractivity (Wildman–Crippen MR) is 63.9 cm³/mol. The lowest BCUT2D eigenvalue weighted by Crippen LogP contribution is -2.53. The number of benzene rings is 1. The van der Waals surface area contributed by atoms with Crippen LogP contribution in [0.2, 0.25) is 0 Å². The Kier molecular flexibility index (Phi) is 4.97. The smallest absolute Gasteiger partial charge is 0.247 e. The number of hydrogen-bond acceptors (Lipinski definition) is 4. The largest absolute Gasteiger partial charge is 0.394 e. The molecule has 0 heterocycles. The molecule has 0 radical (unpaired) electrons. The summed E-state index contributed by atoms with van der Waals surface area (Å²) in [5.41, 5.74) is -1.56. The molecule has 0 aliphatic rings. The second-order valence-electron chi connectivity index (χ2n) is 4.11. The van der Waals surface area contributed by atoms with Gasteiger partial charge in [-0.3, -0.25) is 0 Å². The van der Waals surface area contributed by atoms with E-state index in [0.29, 0.717) is 0 Å². The van der Waals surface area contributed by atoms with E-state index >= 15 is 0 Å². The monoisotopic (exact) mass is 295 g/mol. The van der Waals surface area contributed by atoms with Crippen molar-refractivity contribution in [3.05, 3.63) is 29.8 Å². The minimum atomic E-state index is -4.54. The highest BCUT2D eigenvalue weighted by molar-refractivity contribution is 7.89. The highest BCUT2D eigenvalue weighted by Gasteiger charge is 2.35. The molecular weight excluding hydrogens is 280 g/mol. The van der Waals surface area contributed by atoms with Crippen LogP contribution in [0, 0.1) is 11.6 Å². The third kappa shape index (κ3) is 3.27. The first-order chi connectivity index (χ1) is 8.82. The molecule has 0 atom stereocenters. The number of sulfonamides is 1. The molecule has 0 bridgehead atoms. The van der Waals surface area contributed by atoms with E-state index in [4.69, 9.17) is 10.2 Å². The van der Waals surface area contributed by atoms with Crippen molar-refractivity contribution < 1.29 is 27.4 Å². The Morgan fingerprint density at radius 3 is 2.05 bits per heavy atom. The molecule has 0 saturated heterocycles. The van der Waals surface area contributed by atoms with E-state index in [0.717, 1.165) is 18.2 Å². The fourth-order valence-corrected chi connectivity index (χ4v) is 3.08. The van der Waals surface area contributed by atoms with Crippen LogP contribution >= 0.6 is 0 Å². The van der Waals surface area contributed by atoms with Crippen molar-refractivity contribution in [2.45, 2.75) is 23.8 Å². The molecule has 1 rings (SSSR count). The molecule has 19 heavy (non-hydrogen) atoms. The first-order valence-electron chi connectivity index (χ1n) is 5.51. The first kappa shape index (κ1) is 16.0. The molecule has 3 N–H and O–H groups in total. The molecule has 8 heteroatoms. The molecule has 0 spiro atoms. The van der Waals surface area contributed by atoms with Crippen molar-refractivity contribution in [2.24, 2.45) is 0 Å². The summed E-state index contributed by atoms with van der Waals surface area (Å²) >= 11 is 0. The molecule has 1 aromatic rings. The molecule has 0 saturated carbocycles. The molecular formula is C11H15F2NO4S. The summed E-state index contributed by atoms with van der Waals surface area (Å²) in [6.07, 6.45) is 0.0509. The van der Waals surface area contributed by atoms with Crippen LogP contribution in [0.3, 0.4) is 0 Å². The van der Waals surface area contributed by atoms with E-state index in [1.807, 2.05) is 4.72 Å². The Labute approximate surface area is 109 Å². The predicted octanol–water partition coefficient (Wildman–Crippen LogP) is 0.376. The zero-order valence-corrected chi connectivity index (χ0v) is 11.0. The van der Waals surface area contributed by atoms with E-state index in [1.165, 1.54) is 6.92 Å². The number of hydrogen-bond donors (Lipinski definition) is 3. The number of rotatable bonds is 6. The van der Waals surface area contributed by atoms with Gasteiger partial charge < -0.3 is 10.2 Å². The number of aliphatic hydroxyl groups excluding tert-OH is 2. The quantitative estimate of drug-likeness (QED) is 0.708. The van der Waals surface area contributed by atoms with Crippen LogP contribution < -0.4 is 4.72 Å². The maximum atomic E-state index is 13.4. The maximum absolute atomic E-state index is 13.4. The maximum Gasteiger partial charge on any atom is 0.247 e. The second-order valence-corrected chi connectivity index (χ2v) is 5.73. The van der Waals surface area contributed by atoms with Crippen LogP contribution in [0.15, 0.2) is 23.1 Å². The fraction of sp³-hybridized carbons (Fsp3) is 0.455. The Morgan fingerprint density at radius 1 is 1.21 bits per heavy atom. The summed E-state index contributed by atoms with van der Waals surface area (Å²) in [5.74, 6) is -2.48. The van der Waals surface area contributed by atoms with E-state index in [2.05, 4.69) is 0 Å². The van der Waals surface area contributed by atoms with Gasteiger partial charge in [-0.25, -0.2) is 21.9 Å². The first-order valence-corrected chi connectivity index (χ1v) is 7.00. The Balaban J connectivity index is 3.26. The zero-order chi connectivity index (χ0) is 14.7. The van der Waals surface area contributed by atoms with Crippen LogP contribution in [0.1, 0.15) is 13.3 Å². The molecule has 108 valence electrons. The molecule has 0 fully saturated rings.